The molecular formula is C12H12N4O3. The molecule has 7 heteroatoms. The van der Waals surface area contributed by atoms with E-state index in [1.54, 1.807) is 24.3 Å². The number of rotatable bonds is 2. The number of carbonyl (C=O) groups is 2. The number of nitrogens with one attached hydrogen (secondary N) is 2. The van der Waals surface area contributed by atoms with Crippen LogP contribution in [0.4, 0.5) is 0 Å². The highest BCUT2D eigenvalue weighted by Gasteiger charge is 2.23. The molecule has 98 valence electrons. The lowest BCUT2D eigenvalue weighted by Crippen LogP contribution is -2.35. The Labute approximate surface area is 108 Å². The Balaban J connectivity index is 2.89. The number of carbonyl (C=O) groups excluding carboxylic acids is 2. The van der Waals surface area contributed by atoms with Gasteiger partial charge in [0.25, 0.3) is 11.8 Å². The van der Waals surface area contributed by atoms with E-state index < -0.39 is 11.8 Å². The summed E-state index contributed by atoms with van der Waals surface area (Å²) in [4.78, 5) is 23.6. The highest BCUT2D eigenvalue weighted by molar-refractivity contribution is 6.16. The lowest BCUT2D eigenvalue weighted by molar-refractivity contribution is 0.0918. The van der Waals surface area contributed by atoms with Crippen molar-refractivity contribution in [2.45, 2.75) is 0 Å². The Morgan fingerprint density at radius 2 is 1.58 bits per heavy atom. The zero-order chi connectivity index (χ0) is 14.0. The van der Waals surface area contributed by atoms with Gasteiger partial charge in [0.05, 0.1) is 11.1 Å². The molecule has 0 saturated carbocycles. The van der Waals surface area contributed by atoms with Crippen molar-refractivity contribution in [1.29, 1.82) is 0 Å². The van der Waals surface area contributed by atoms with E-state index in [0.717, 1.165) is 0 Å². The van der Waals surface area contributed by atoms with Gasteiger partial charge in [-0.05, 0) is 16.8 Å². The molecule has 0 heterocycles. The molecule has 2 amide bonds. The molecule has 19 heavy (non-hydrogen) atoms. The molecule has 2 rings (SSSR count). The molecule has 2 aromatic carbocycles. The fraction of sp³-hybridized carbons (Fsp3) is 0. The van der Waals surface area contributed by atoms with Crippen LogP contribution in [0.15, 0.2) is 30.3 Å². The zero-order valence-electron chi connectivity index (χ0n) is 9.81. The van der Waals surface area contributed by atoms with E-state index >= 15 is 0 Å². The Hall–Kier alpha value is -2.64. The number of benzene rings is 2. The molecule has 0 bridgehead atoms. The number of phenolic OH excluding ortho intramolecular Hbond substituents is 1. The average Bonchev–Trinajstić information content (AvgIpc) is 2.44. The van der Waals surface area contributed by atoms with Gasteiger partial charge in [0.1, 0.15) is 5.75 Å². The summed E-state index contributed by atoms with van der Waals surface area (Å²) in [6.07, 6.45) is 0. The molecule has 0 aliphatic heterocycles. The fourth-order valence-corrected chi connectivity index (χ4v) is 1.94. The second-order valence-corrected chi connectivity index (χ2v) is 3.81. The van der Waals surface area contributed by atoms with Crippen LogP contribution >= 0.6 is 0 Å². The van der Waals surface area contributed by atoms with Crippen molar-refractivity contribution in [3.8, 4) is 5.75 Å². The van der Waals surface area contributed by atoms with Gasteiger partial charge in [-0.2, -0.15) is 0 Å². The topological polar surface area (TPSA) is 130 Å². The van der Waals surface area contributed by atoms with Gasteiger partial charge < -0.3 is 5.11 Å². The molecule has 0 spiro atoms. The molecule has 0 radical (unpaired) electrons. The van der Waals surface area contributed by atoms with Crippen molar-refractivity contribution >= 4 is 22.6 Å². The number of phenols is 1. The molecule has 0 unspecified atom stereocenters. The van der Waals surface area contributed by atoms with Crippen LogP contribution < -0.4 is 22.5 Å². The summed E-state index contributed by atoms with van der Waals surface area (Å²) < 4.78 is 0. The predicted molar refractivity (Wildman–Crippen MR) is 68.9 cm³/mol. The summed E-state index contributed by atoms with van der Waals surface area (Å²) in [6, 6.07) is 8.18. The van der Waals surface area contributed by atoms with Gasteiger partial charge in [-0.1, -0.05) is 24.3 Å². The number of nitrogen functional groups attached to an aromatic ring is 2. The monoisotopic (exact) mass is 260 g/mol. The second kappa shape index (κ2) is 4.92. The van der Waals surface area contributed by atoms with Crippen molar-refractivity contribution in [2.24, 2.45) is 11.7 Å². The number of amides is 2. The van der Waals surface area contributed by atoms with Crippen molar-refractivity contribution < 1.29 is 14.7 Å². The Morgan fingerprint density at radius 3 is 2.21 bits per heavy atom. The number of hydrogen-bond acceptors (Lipinski definition) is 5. The third-order valence-electron chi connectivity index (χ3n) is 2.74. The third kappa shape index (κ3) is 2.07. The van der Waals surface area contributed by atoms with E-state index in [9.17, 15) is 14.7 Å². The van der Waals surface area contributed by atoms with Gasteiger partial charge in [-0.15, -0.1) is 0 Å². The standard InChI is InChI=1S/C12H12N4O3/c13-15-11(18)9-7-4-2-1-3-6(7)5-8(17)10(9)12(19)16-14/h1-5,17H,13-14H2,(H,15,18)(H,16,19). The summed E-state index contributed by atoms with van der Waals surface area (Å²) in [6.45, 7) is 0. The number of fused-ring (bicyclic) bond motifs is 1. The lowest BCUT2D eigenvalue weighted by atomic mass is 9.97. The molecule has 0 fully saturated rings. The van der Waals surface area contributed by atoms with Crippen molar-refractivity contribution in [2.75, 3.05) is 0 Å². The third-order valence-corrected chi connectivity index (χ3v) is 2.74. The maximum Gasteiger partial charge on any atom is 0.269 e. The van der Waals surface area contributed by atoms with Gasteiger partial charge >= 0.3 is 0 Å². The van der Waals surface area contributed by atoms with E-state index in [-0.39, 0.29) is 16.9 Å². The first kappa shape index (κ1) is 12.8. The summed E-state index contributed by atoms with van der Waals surface area (Å²) in [7, 11) is 0. The highest BCUT2D eigenvalue weighted by Crippen LogP contribution is 2.30. The SMILES string of the molecule is NNC(=O)c1c(O)cc2ccccc2c1C(=O)NN. The molecule has 2 aromatic rings. The van der Waals surface area contributed by atoms with Gasteiger partial charge in [0.2, 0.25) is 0 Å². The summed E-state index contributed by atoms with van der Waals surface area (Å²) in [5, 5.41) is 11.0. The summed E-state index contributed by atoms with van der Waals surface area (Å²) in [5.74, 6) is 8.35. The smallest absolute Gasteiger partial charge is 0.269 e. The van der Waals surface area contributed by atoms with Gasteiger partial charge in [0.15, 0.2) is 0 Å². The molecule has 7 N–H and O–H groups in total. The Morgan fingerprint density at radius 1 is 1.00 bits per heavy atom. The molecule has 0 aliphatic rings. The van der Waals surface area contributed by atoms with E-state index in [4.69, 9.17) is 11.7 Å². The normalized spacial score (nSPS) is 10.2. The Kier molecular flexibility index (Phi) is 3.32. The summed E-state index contributed by atoms with van der Waals surface area (Å²) >= 11 is 0. The van der Waals surface area contributed by atoms with Gasteiger partial charge in [-0.3, -0.25) is 20.4 Å². The minimum Gasteiger partial charge on any atom is -0.507 e. The first-order valence-electron chi connectivity index (χ1n) is 5.36. The first-order chi connectivity index (χ1) is 9.10. The van der Waals surface area contributed by atoms with Crippen LogP contribution in [-0.2, 0) is 0 Å². The minimum atomic E-state index is -0.776. The van der Waals surface area contributed by atoms with E-state index in [1.807, 2.05) is 10.9 Å². The van der Waals surface area contributed by atoms with Crippen molar-refractivity contribution in [3.05, 3.63) is 41.5 Å². The minimum absolute atomic E-state index is 0.0268. The maximum atomic E-state index is 11.9. The fourth-order valence-electron chi connectivity index (χ4n) is 1.94. The molecular weight excluding hydrogens is 248 g/mol. The zero-order valence-corrected chi connectivity index (χ0v) is 9.81. The molecule has 7 nitrogen and oxygen atoms in total. The quantitative estimate of drug-likeness (QED) is 0.289. The molecule has 0 aliphatic carbocycles. The predicted octanol–water partition coefficient (Wildman–Crippen LogP) is -0.248. The second-order valence-electron chi connectivity index (χ2n) is 3.81. The number of hydrazine groups is 2. The van der Waals surface area contributed by atoms with Crippen LogP contribution in [0.1, 0.15) is 20.7 Å². The number of aromatic hydroxyl groups is 1. The molecule has 0 aromatic heterocycles. The van der Waals surface area contributed by atoms with Gasteiger partial charge in [-0.25, -0.2) is 11.7 Å². The van der Waals surface area contributed by atoms with Crippen molar-refractivity contribution in [1.82, 2.24) is 10.9 Å². The summed E-state index contributed by atoms with van der Waals surface area (Å²) in [5.41, 5.74) is 3.59. The van der Waals surface area contributed by atoms with E-state index in [2.05, 4.69) is 0 Å². The van der Waals surface area contributed by atoms with Crippen LogP contribution in [0.5, 0.6) is 5.75 Å². The van der Waals surface area contributed by atoms with E-state index in [0.29, 0.717) is 10.8 Å². The largest absolute Gasteiger partial charge is 0.507 e. The van der Waals surface area contributed by atoms with Crippen molar-refractivity contribution in [3.63, 3.8) is 0 Å². The highest BCUT2D eigenvalue weighted by atomic mass is 16.3. The lowest BCUT2D eigenvalue weighted by Gasteiger charge is -2.12. The van der Waals surface area contributed by atoms with E-state index in [1.165, 1.54) is 6.07 Å². The van der Waals surface area contributed by atoms with Crippen LogP contribution in [-0.4, -0.2) is 16.9 Å². The number of nitrogens with two attached hydrogens (primary N) is 2. The molecule has 0 atom stereocenters. The van der Waals surface area contributed by atoms with Gasteiger partial charge in [0, 0.05) is 0 Å². The molecule has 0 saturated heterocycles. The van der Waals surface area contributed by atoms with Crippen LogP contribution in [0.25, 0.3) is 10.8 Å². The maximum absolute atomic E-state index is 11.9. The van der Waals surface area contributed by atoms with Crippen LogP contribution in [0.2, 0.25) is 0 Å². The van der Waals surface area contributed by atoms with Crippen LogP contribution in [0.3, 0.4) is 0 Å². The first-order valence-corrected chi connectivity index (χ1v) is 5.36. The van der Waals surface area contributed by atoms with Crippen LogP contribution in [0, 0.1) is 0 Å². The average molecular weight is 260 g/mol. The number of hydrogen-bond donors (Lipinski definition) is 5. The Bertz CT molecular complexity index is 669.